The molecule has 1 fully saturated rings. The third kappa shape index (κ3) is 4.31. The van der Waals surface area contributed by atoms with Crippen LogP contribution < -0.4 is 0 Å². The monoisotopic (exact) mass is 388 g/mol. The van der Waals surface area contributed by atoms with Gasteiger partial charge in [-0.3, -0.25) is 9.59 Å². The first-order chi connectivity index (χ1) is 10.4. The summed E-state index contributed by atoms with van der Waals surface area (Å²) in [7, 11) is 0. The van der Waals surface area contributed by atoms with Crippen molar-refractivity contribution in [2.75, 3.05) is 13.2 Å². The highest BCUT2D eigenvalue weighted by Crippen LogP contribution is 2.43. The molecule has 0 saturated heterocycles. The van der Waals surface area contributed by atoms with Crippen LogP contribution in [0.5, 0.6) is 0 Å². The Labute approximate surface area is 149 Å². The first-order valence-corrected chi connectivity index (χ1v) is 8.22. The molecular formula is C14H16Cl4O4. The van der Waals surface area contributed by atoms with Gasteiger partial charge >= 0.3 is 11.9 Å². The van der Waals surface area contributed by atoms with Crippen LogP contribution in [0.25, 0.3) is 0 Å². The second kappa shape index (κ2) is 9.02. The summed E-state index contributed by atoms with van der Waals surface area (Å²) in [6.45, 7) is 6.86. The van der Waals surface area contributed by atoms with Crippen molar-refractivity contribution < 1.29 is 19.1 Å². The zero-order chi connectivity index (χ0) is 16.9. The van der Waals surface area contributed by atoms with E-state index in [1.54, 1.807) is 0 Å². The Morgan fingerprint density at radius 2 is 1.09 bits per heavy atom. The Bertz CT molecular complexity index is 403. The van der Waals surface area contributed by atoms with E-state index >= 15 is 0 Å². The lowest BCUT2D eigenvalue weighted by molar-refractivity contribution is -0.160. The fourth-order valence-electron chi connectivity index (χ4n) is 2.17. The van der Waals surface area contributed by atoms with Gasteiger partial charge in [-0.2, -0.15) is 0 Å². The van der Waals surface area contributed by atoms with Gasteiger partial charge in [0.1, 0.15) is 13.2 Å². The maximum Gasteiger partial charge on any atom is 0.311 e. The number of rotatable bonds is 6. The summed E-state index contributed by atoms with van der Waals surface area (Å²) in [6, 6.07) is 0. The van der Waals surface area contributed by atoms with E-state index in [1.807, 2.05) is 0 Å². The summed E-state index contributed by atoms with van der Waals surface area (Å²) < 4.78 is 9.98. The van der Waals surface area contributed by atoms with Crippen molar-refractivity contribution in [3.63, 3.8) is 0 Å². The maximum absolute atomic E-state index is 12.2. The number of hydrogen-bond acceptors (Lipinski definition) is 4. The molecule has 0 amide bonds. The molecule has 0 aliphatic heterocycles. The SMILES string of the molecule is C=CCOC(=O)C1C(Cl)C(Cl)C(Cl)C(Cl)C1C(=O)OCC=C. The average Bonchev–Trinajstić information content (AvgIpc) is 2.51. The number of ether oxygens (including phenoxy) is 2. The molecule has 0 radical (unpaired) electrons. The van der Waals surface area contributed by atoms with E-state index in [2.05, 4.69) is 13.2 Å². The molecule has 1 aliphatic rings. The van der Waals surface area contributed by atoms with Crippen LogP contribution in [0.1, 0.15) is 0 Å². The van der Waals surface area contributed by atoms with Crippen LogP contribution >= 0.6 is 46.4 Å². The lowest BCUT2D eigenvalue weighted by Gasteiger charge is -2.40. The molecule has 4 nitrogen and oxygen atoms in total. The third-order valence-electron chi connectivity index (χ3n) is 3.22. The summed E-state index contributed by atoms with van der Waals surface area (Å²) in [6.07, 6.45) is 2.80. The fraction of sp³-hybridized carbons (Fsp3) is 0.571. The molecule has 0 aromatic carbocycles. The zero-order valence-electron chi connectivity index (χ0n) is 11.6. The number of carbonyl (C=O) groups is 2. The number of alkyl halides is 4. The van der Waals surface area contributed by atoms with Crippen LogP contribution in [-0.2, 0) is 19.1 Å². The summed E-state index contributed by atoms with van der Waals surface area (Å²) in [5.74, 6) is -3.50. The van der Waals surface area contributed by atoms with E-state index in [0.717, 1.165) is 0 Å². The van der Waals surface area contributed by atoms with Crippen molar-refractivity contribution in [3.05, 3.63) is 25.3 Å². The van der Waals surface area contributed by atoms with Crippen molar-refractivity contribution in [3.8, 4) is 0 Å². The maximum atomic E-state index is 12.2. The second-order valence-electron chi connectivity index (χ2n) is 4.67. The van der Waals surface area contributed by atoms with Gasteiger partial charge in [0.15, 0.2) is 0 Å². The molecule has 8 heteroatoms. The zero-order valence-corrected chi connectivity index (χ0v) is 14.6. The molecule has 22 heavy (non-hydrogen) atoms. The van der Waals surface area contributed by atoms with Crippen LogP contribution in [0, 0.1) is 11.8 Å². The molecule has 1 saturated carbocycles. The van der Waals surface area contributed by atoms with Crippen LogP contribution in [0.2, 0.25) is 0 Å². The summed E-state index contributed by atoms with van der Waals surface area (Å²) in [5, 5.41) is -3.43. The molecule has 124 valence electrons. The van der Waals surface area contributed by atoms with Gasteiger partial charge in [0.25, 0.3) is 0 Å². The van der Waals surface area contributed by atoms with Gasteiger partial charge in [0, 0.05) is 0 Å². The van der Waals surface area contributed by atoms with Gasteiger partial charge in [0.2, 0.25) is 0 Å². The highest BCUT2D eigenvalue weighted by molar-refractivity contribution is 6.39. The largest absolute Gasteiger partial charge is 0.461 e. The Morgan fingerprint density at radius 1 is 0.773 bits per heavy atom. The minimum atomic E-state index is -1.06. The molecule has 0 aromatic rings. The Kier molecular flexibility index (Phi) is 8.04. The molecule has 0 spiro atoms. The van der Waals surface area contributed by atoms with E-state index in [9.17, 15) is 9.59 Å². The molecule has 0 N–H and O–H groups in total. The Balaban J connectivity index is 3.06. The summed E-state index contributed by atoms with van der Waals surface area (Å²) in [4.78, 5) is 24.4. The first-order valence-electron chi connectivity index (χ1n) is 6.48. The Morgan fingerprint density at radius 3 is 1.36 bits per heavy atom. The molecule has 6 unspecified atom stereocenters. The summed E-state index contributed by atoms with van der Waals surface area (Å²) >= 11 is 24.7. The van der Waals surface area contributed by atoms with E-state index in [0.29, 0.717) is 0 Å². The second-order valence-corrected chi connectivity index (χ2v) is 6.68. The van der Waals surface area contributed by atoms with Crippen molar-refractivity contribution in [1.29, 1.82) is 0 Å². The van der Waals surface area contributed by atoms with Gasteiger partial charge in [-0.15, -0.1) is 46.4 Å². The number of esters is 2. The highest BCUT2D eigenvalue weighted by Gasteiger charge is 2.55. The standard InChI is InChI=1S/C14H16Cl4O4/c1-3-5-21-13(19)7-8(14(20)22-6-4-2)10(16)12(18)11(17)9(7)15/h3-4,7-12H,1-2,5-6H2. The van der Waals surface area contributed by atoms with Crippen molar-refractivity contribution in [2.24, 2.45) is 11.8 Å². The average molecular weight is 390 g/mol. The normalized spacial score (nSPS) is 34.5. The van der Waals surface area contributed by atoms with Crippen LogP contribution in [-0.4, -0.2) is 46.7 Å². The van der Waals surface area contributed by atoms with Crippen molar-refractivity contribution in [2.45, 2.75) is 21.5 Å². The van der Waals surface area contributed by atoms with Gasteiger partial charge in [-0.05, 0) is 0 Å². The van der Waals surface area contributed by atoms with Gasteiger partial charge in [0.05, 0.1) is 33.3 Å². The first kappa shape index (κ1) is 19.6. The van der Waals surface area contributed by atoms with Crippen molar-refractivity contribution >= 4 is 58.3 Å². The van der Waals surface area contributed by atoms with Gasteiger partial charge < -0.3 is 9.47 Å². The molecule has 0 aromatic heterocycles. The molecule has 0 bridgehead atoms. The van der Waals surface area contributed by atoms with E-state index < -0.39 is 45.3 Å². The predicted octanol–water partition coefficient (Wildman–Crippen LogP) is 3.12. The van der Waals surface area contributed by atoms with Crippen LogP contribution in [0.3, 0.4) is 0 Å². The predicted molar refractivity (Wildman–Crippen MR) is 87.9 cm³/mol. The smallest absolute Gasteiger partial charge is 0.311 e. The van der Waals surface area contributed by atoms with Gasteiger partial charge in [-0.25, -0.2) is 0 Å². The lowest BCUT2D eigenvalue weighted by Crippen LogP contribution is -2.56. The minimum absolute atomic E-state index is 0.0163. The topological polar surface area (TPSA) is 52.6 Å². The molecular weight excluding hydrogens is 374 g/mol. The van der Waals surface area contributed by atoms with E-state index in [4.69, 9.17) is 55.9 Å². The minimum Gasteiger partial charge on any atom is -0.461 e. The Hall–Kier alpha value is -0.420. The quantitative estimate of drug-likeness (QED) is 0.398. The number of carbonyl (C=O) groups excluding carboxylic acids is 2. The molecule has 1 aliphatic carbocycles. The van der Waals surface area contributed by atoms with Crippen LogP contribution in [0.4, 0.5) is 0 Å². The molecule has 1 rings (SSSR count). The molecule has 6 atom stereocenters. The van der Waals surface area contributed by atoms with Gasteiger partial charge in [-0.1, -0.05) is 25.3 Å². The molecule has 0 heterocycles. The van der Waals surface area contributed by atoms with E-state index in [-0.39, 0.29) is 13.2 Å². The van der Waals surface area contributed by atoms with Crippen molar-refractivity contribution in [1.82, 2.24) is 0 Å². The third-order valence-corrected chi connectivity index (χ3v) is 5.78. The number of hydrogen-bond donors (Lipinski definition) is 0. The lowest BCUT2D eigenvalue weighted by atomic mass is 9.77. The number of halogens is 4. The summed E-state index contributed by atoms with van der Waals surface area (Å²) in [5.41, 5.74) is 0. The van der Waals surface area contributed by atoms with Crippen LogP contribution in [0.15, 0.2) is 25.3 Å². The van der Waals surface area contributed by atoms with E-state index in [1.165, 1.54) is 12.2 Å². The fourth-order valence-corrected chi connectivity index (χ4v) is 3.78. The highest BCUT2D eigenvalue weighted by atomic mass is 35.5.